The van der Waals surface area contributed by atoms with E-state index >= 15 is 0 Å². The van der Waals surface area contributed by atoms with Crippen LogP contribution >= 0.6 is 0 Å². The Kier molecular flexibility index (Phi) is 4.79. The van der Waals surface area contributed by atoms with E-state index in [1.54, 1.807) is 31.4 Å². The summed E-state index contributed by atoms with van der Waals surface area (Å²) in [6, 6.07) is 9.02. The van der Waals surface area contributed by atoms with Crippen LogP contribution in [0, 0.1) is 17.2 Å². The first kappa shape index (κ1) is 17.1. The number of hydrazine groups is 1. The van der Waals surface area contributed by atoms with Crippen LogP contribution in [0.5, 0.6) is 5.75 Å². The summed E-state index contributed by atoms with van der Waals surface area (Å²) >= 11 is 0. The monoisotopic (exact) mass is 344 g/mol. The van der Waals surface area contributed by atoms with Crippen LogP contribution in [0.1, 0.15) is 13.3 Å². The predicted molar refractivity (Wildman–Crippen MR) is 88.6 cm³/mol. The number of carbonyl (C=O) groups is 1. The van der Waals surface area contributed by atoms with Crippen LogP contribution in [0.4, 0.5) is 5.69 Å². The number of hydrogen-bond donors (Lipinski definition) is 1. The lowest BCUT2D eigenvalue weighted by molar-refractivity contribution is -0.220. The first-order valence-corrected chi connectivity index (χ1v) is 7.96. The molecule has 0 radical (unpaired) electrons. The molecular formula is C17H20N4O4. The molecule has 2 heterocycles. The van der Waals surface area contributed by atoms with E-state index in [1.807, 2.05) is 0 Å². The third-order valence-corrected chi connectivity index (χ3v) is 4.32. The van der Waals surface area contributed by atoms with Gasteiger partial charge in [-0.2, -0.15) is 5.26 Å². The first-order chi connectivity index (χ1) is 12.1. The van der Waals surface area contributed by atoms with Gasteiger partial charge >= 0.3 is 5.97 Å². The van der Waals surface area contributed by atoms with Gasteiger partial charge in [0.2, 0.25) is 0 Å². The van der Waals surface area contributed by atoms with Crippen LogP contribution in [-0.4, -0.2) is 37.5 Å². The minimum atomic E-state index is -0.481. The lowest BCUT2D eigenvalue weighted by atomic mass is 9.86. The van der Waals surface area contributed by atoms with Crippen LogP contribution in [0.2, 0.25) is 0 Å². The van der Waals surface area contributed by atoms with Crippen LogP contribution in [0.15, 0.2) is 35.7 Å². The number of hydrogen-bond acceptors (Lipinski definition) is 8. The Hall–Kier alpha value is -2.76. The van der Waals surface area contributed by atoms with Gasteiger partial charge in [-0.25, -0.2) is 5.01 Å². The second-order valence-corrected chi connectivity index (χ2v) is 5.85. The molecule has 25 heavy (non-hydrogen) atoms. The Bertz CT molecular complexity index is 742. The van der Waals surface area contributed by atoms with Gasteiger partial charge < -0.3 is 20.0 Å². The normalized spacial score (nSPS) is 23.6. The Balaban J connectivity index is 2.12. The molecule has 8 heteroatoms. The third-order valence-electron chi connectivity index (χ3n) is 4.32. The molecule has 0 aliphatic carbocycles. The van der Waals surface area contributed by atoms with Crippen LogP contribution in [0.3, 0.4) is 0 Å². The van der Waals surface area contributed by atoms with E-state index in [0.29, 0.717) is 36.6 Å². The number of ether oxygens (including phenoxy) is 2. The van der Waals surface area contributed by atoms with Gasteiger partial charge in [0, 0.05) is 25.5 Å². The summed E-state index contributed by atoms with van der Waals surface area (Å²) in [5.41, 5.74) is 7.39. The second-order valence-electron chi connectivity index (χ2n) is 5.85. The highest BCUT2D eigenvalue weighted by Crippen LogP contribution is 2.38. The number of carbonyl (C=O) groups excluding carboxylic acids is 1. The van der Waals surface area contributed by atoms with Crippen molar-refractivity contribution in [2.24, 2.45) is 11.7 Å². The average molecular weight is 344 g/mol. The molecular weight excluding hydrogens is 324 g/mol. The fourth-order valence-corrected chi connectivity index (χ4v) is 3.21. The number of nitriles is 1. The molecule has 132 valence electrons. The van der Waals surface area contributed by atoms with Crippen molar-refractivity contribution in [2.75, 3.05) is 25.3 Å². The van der Waals surface area contributed by atoms with Gasteiger partial charge in [0.05, 0.1) is 37.1 Å². The van der Waals surface area contributed by atoms with E-state index in [4.69, 9.17) is 20.0 Å². The van der Waals surface area contributed by atoms with Gasteiger partial charge in [0.25, 0.3) is 0 Å². The van der Waals surface area contributed by atoms with Crippen molar-refractivity contribution in [1.29, 1.82) is 5.26 Å². The van der Waals surface area contributed by atoms with E-state index < -0.39 is 5.97 Å². The number of benzene rings is 1. The molecule has 1 aromatic carbocycles. The maximum atomic E-state index is 11.7. The molecule has 8 nitrogen and oxygen atoms in total. The van der Waals surface area contributed by atoms with Crippen molar-refractivity contribution in [3.63, 3.8) is 0 Å². The lowest BCUT2D eigenvalue weighted by Gasteiger charge is -2.47. The maximum Gasteiger partial charge on any atom is 0.324 e. The van der Waals surface area contributed by atoms with Gasteiger partial charge in [-0.3, -0.25) is 4.79 Å². The molecule has 1 saturated heterocycles. The van der Waals surface area contributed by atoms with E-state index in [-0.39, 0.29) is 17.8 Å². The number of fused-ring (bicyclic) bond motifs is 1. The first-order valence-electron chi connectivity index (χ1n) is 7.96. The van der Waals surface area contributed by atoms with Crippen molar-refractivity contribution >= 4 is 11.7 Å². The maximum absolute atomic E-state index is 11.7. The summed E-state index contributed by atoms with van der Waals surface area (Å²) < 4.78 is 10.8. The largest absolute Gasteiger partial charge is 0.497 e. The lowest BCUT2D eigenvalue weighted by Crippen LogP contribution is -2.60. The zero-order valence-electron chi connectivity index (χ0n) is 14.1. The highest BCUT2D eigenvalue weighted by Gasteiger charge is 2.45. The number of rotatable bonds is 3. The fourth-order valence-electron chi connectivity index (χ4n) is 3.21. The predicted octanol–water partition coefficient (Wildman–Crippen LogP) is 1.31. The zero-order valence-corrected chi connectivity index (χ0v) is 14.1. The molecule has 2 unspecified atom stereocenters. The summed E-state index contributed by atoms with van der Waals surface area (Å²) in [5, 5.41) is 12.6. The molecule has 2 N–H and O–H groups in total. The van der Waals surface area contributed by atoms with Crippen molar-refractivity contribution in [1.82, 2.24) is 5.17 Å². The van der Waals surface area contributed by atoms with Crippen molar-refractivity contribution < 1.29 is 19.1 Å². The van der Waals surface area contributed by atoms with Gasteiger partial charge in [0.15, 0.2) is 0 Å². The van der Waals surface area contributed by atoms with Crippen LogP contribution in [0.25, 0.3) is 0 Å². The molecule has 2 aliphatic heterocycles. The Morgan fingerprint density at radius 1 is 1.48 bits per heavy atom. The van der Waals surface area contributed by atoms with E-state index in [0.717, 1.165) is 0 Å². The number of nitrogens with two attached hydrogens (primary N) is 1. The smallest absolute Gasteiger partial charge is 0.324 e. The quantitative estimate of drug-likeness (QED) is 0.876. The molecule has 2 aliphatic rings. The molecule has 0 amide bonds. The van der Waals surface area contributed by atoms with E-state index in [9.17, 15) is 10.1 Å². The second kappa shape index (κ2) is 7.01. The Morgan fingerprint density at radius 2 is 2.28 bits per heavy atom. The highest BCUT2D eigenvalue weighted by molar-refractivity contribution is 5.66. The minimum Gasteiger partial charge on any atom is -0.497 e. The highest BCUT2D eigenvalue weighted by atomic mass is 16.7. The van der Waals surface area contributed by atoms with Gasteiger partial charge in [-0.15, -0.1) is 0 Å². The molecule has 2 atom stereocenters. The molecule has 1 aromatic rings. The van der Waals surface area contributed by atoms with Gasteiger partial charge in [-0.05, 0) is 23.7 Å². The van der Waals surface area contributed by atoms with Gasteiger partial charge in [0.1, 0.15) is 11.6 Å². The van der Waals surface area contributed by atoms with Crippen molar-refractivity contribution in [2.45, 2.75) is 19.4 Å². The summed E-state index contributed by atoms with van der Waals surface area (Å²) in [5.74, 6) is 0.221. The van der Waals surface area contributed by atoms with E-state index in [2.05, 4.69) is 6.07 Å². The number of hydroxylamine groups is 1. The third kappa shape index (κ3) is 3.12. The summed E-state index contributed by atoms with van der Waals surface area (Å²) in [6.45, 7) is 2.19. The number of anilines is 1. The molecule has 1 fully saturated rings. The topological polar surface area (TPSA) is 101 Å². The average Bonchev–Trinajstić information content (AvgIpc) is 2.62. The molecule has 0 aromatic heterocycles. The summed E-state index contributed by atoms with van der Waals surface area (Å²) in [6.07, 6.45) is 0.637. The van der Waals surface area contributed by atoms with Gasteiger partial charge in [-0.1, -0.05) is 6.07 Å². The fraction of sp³-hybridized carbons (Fsp3) is 0.412. The molecule has 0 spiro atoms. The number of nitrogens with zero attached hydrogens (tertiary/aromatic N) is 3. The zero-order chi connectivity index (χ0) is 18.0. The van der Waals surface area contributed by atoms with Crippen LogP contribution in [-0.2, 0) is 14.4 Å². The molecule has 0 bridgehead atoms. The summed E-state index contributed by atoms with van der Waals surface area (Å²) in [7, 11) is 1.56. The minimum absolute atomic E-state index is 0.153. The summed E-state index contributed by atoms with van der Waals surface area (Å²) in [4.78, 5) is 17.1. The standard InChI is InChI=1S/C17H20N4O4/c1-11(22)25-21-16-10-24-7-6-14(16)15(9-18)17(19)20(21)12-4-3-5-13(8-12)23-2/h3-5,8,14,16H,6-7,10,19H2,1-2H3. The van der Waals surface area contributed by atoms with E-state index in [1.165, 1.54) is 17.1 Å². The Labute approximate surface area is 145 Å². The molecule has 3 rings (SSSR count). The molecule has 0 saturated carbocycles. The SMILES string of the molecule is COc1cccc(N2C(N)=C(C#N)C3CCOCC3N2OC(C)=O)c1. The number of methoxy groups -OCH3 is 1. The van der Waals surface area contributed by atoms with Crippen LogP contribution < -0.4 is 15.5 Å². The van der Waals surface area contributed by atoms with Crippen molar-refractivity contribution in [3.8, 4) is 11.8 Å². The van der Waals surface area contributed by atoms with Crippen molar-refractivity contribution in [3.05, 3.63) is 35.7 Å². The Morgan fingerprint density at radius 3 is 2.96 bits per heavy atom.